The Balaban J connectivity index is 1.89. The van der Waals surface area contributed by atoms with E-state index in [1.807, 2.05) is 31.2 Å². The lowest BCUT2D eigenvalue weighted by atomic mass is 10.1. The normalized spacial score (nSPS) is 10.7. The average molecular weight is 266 g/mol. The average Bonchev–Trinajstić information content (AvgIpc) is 2.48. The topological polar surface area (TPSA) is 9.23 Å². The Labute approximate surface area is 117 Å². The van der Waals surface area contributed by atoms with Crippen molar-refractivity contribution in [2.75, 3.05) is 0 Å². The highest BCUT2D eigenvalue weighted by molar-refractivity contribution is 5.85. The lowest BCUT2D eigenvalue weighted by Crippen LogP contribution is -1.98. The van der Waals surface area contributed by atoms with Gasteiger partial charge >= 0.3 is 0 Å². The summed E-state index contributed by atoms with van der Waals surface area (Å²) in [4.78, 5) is 0. The van der Waals surface area contributed by atoms with Gasteiger partial charge in [-0.2, -0.15) is 0 Å². The molecule has 0 aromatic heterocycles. The van der Waals surface area contributed by atoms with Crippen LogP contribution in [0.3, 0.4) is 0 Å². The minimum Gasteiger partial charge on any atom is -0.489 e. The molecule has 3 aromatic rings. The van der Waals surface area contributed by atoms with Gasteiger partial charge in [-0.25, -0.2) is 4.39 Å². The highest BCUT2D eigenvalue weighted by atomic mass is 19.1. The van der Waals surface area contributed by atoms with Crippen LogP contribution in [-0.2, 0) is 6.61 Å². The Morgan fingerprint density at radius 2 is 1.75 bits per heavy atom. The van der Waals surface area contributed by atoms with E-state index in [1.165, 1.54) is 22.9 Å². The van der Waals surface area contributed by atoms with E-state index < -0.39 is 0 Å². The molecule has 0 bridgehead atoms. The van der Waals surface area contributed by atoms with Crippen molar-refractivity contribution in [2.24, 2.45) is 0 Å². The second-order valence-electron chi connectivity index (χ2n) is 4.84. The first kappa shape index (κ1) is 12.7. The van der Waals surface area contributed by atoms with Crippen molar-refractivity contribution in [3.63, 3.8) is 0 Å². The molecule has 0 atom stereocenters. The van der Waals surface area contributed by atoms with E-state index >= 15 is 0 Å². The predicted octanol–water partition coefficient (Wildman–Crippen LogP) is 4.87. The first-order chi connectivity index (χ1) is 9.74. The summed E-state index contributed by atoms with van der Waals surface area (Å²) >= 11 is 0. The molecule has 0 aliphatic carbocycles. The maximum atomic E-state index is 13.2. The maximum Gasteiger partial charge on any atom is 0.126 e. The van der Waals surface area contributed by atoms with Gasteiger partial charge < -0.3 is 4.74 Å². The van der Waals surface area contributed by atoms with Gasteiger partial charge in [-0.05, 0) is 34.9 Å². The van der Waals surface area contributed by atoms with E-state index in [1.54, 1.807) is 6.07 Å². The van der Waals surface area contributed by atoms with Gasteiger partial charge in [0.25, 0.3) is 0 Å². The third-order valence-electron chi connectivity index (χ3n) is 3.41. The lowest BCUT2D eigenvalue weighted by Gasteiger charge is -2.11. The molecule has 0 saturated heterocycles. The van der Waals surface area contributed by atoms with Crippen LogP contribution in [0, 0.1) is 12.7 Å². The molecule has 0 fully saturated rings. The van der Waals surface area contributed by atoms with Gasteiger partial charge in [-0.3, -0.25) is 0 Å². The molecule has 0 N–H and O–H groups in total. The summed E-state index contributed by atoms with van der Waals surface area (Å²) in [5, 5.41) is 2.36. The molecule has 2 heteroatoms. The first-order valence-corrected chi connectivity index (χ1v) is 6.59. The van der Waals surface area contributed by atoms with Gasteiger partial charge in [0.05, 0.1) is 0 Å². The van der Waals surface area contributed by atoms with Crippen LogP contribution in [0.1, 0.15) is 11.1 Å². The van der Waals surface area contributed by atoms with Crippen molar-refractivity contribution in [1.29, 1.82) is 0 Å². The van der Waals surface area contributed by atoms with Crippen LogP contribution in [0.2, 0.25) is 0 Å². The molecule has 0 aliphatic rings. The predicted molar refractivity (Wildman–Crippen MR) is 79.4 cm³/mol. The molecule has 3 aromatic carbocycles. The number of hydrogen-bond donors (Lipinski definition) is 0. The summed E-state index contributed by atoms with van der Waals surface area (Å²) in [6, 6.07) is 18.9. The Hall–Kier alpha value is -2.35. The number of halogens is 1. The molecule has 0 amide bonds. The minimum atomic E-state index is -0.275. The Morgan fingerprint density at radius 3 is 2.65 bits per heavy atom. The summed E-state index contributed by atoms with van der Waals surface area (Å²) < 4.78 is 19.0. The maximum absolute atomic E-state index is 13.2. The molecular formula is C18H15FO. The molecule has 1 nitrogen and oxygen atoms in total. The molecule has 0 radical (unpaired) electrons. The van der Waals surface area contributed by atoms with Crippen LogP contribution in [-0.4, -0.2) is 0 Å². The third kappa shape index (κ3) is 2.50. The minimum absolute atomic E-state index is 0.275. The molecule has 0 spiro atoms. The van der Waals surface area contributed by atoms with Crippen LogP contribution in [0.5, 0.6) is 5.75 Å². The molecule has 3 rings (SSSR count). The molecule has 20 heavy (non-hydrogen) atoms. The van der Waals surface area contributed by atoms with Gasteiger partial charge in [0.15, 0.2) is 0 Å². The van der Waals surface area contributed by atoms with Gasteiger partial charge in [0.1, 0.15) is 18.2 Å². The molecule has 0 saturated carbocycles. The highest BCUT2D eigenvalue weighted by Crippen LogP contribution is 2.23. The van der Waals surface area contributed by atoms with Gasteiger partial charge in [-0.15, -0.1) is 0 Å². The zero-order valence-corrected chi connectivity index (χ0v) is 11.3. The fourth-order valence-electron chi connectivity index (χ4n) is 2.30. The summed E-state index contributed by atoms with van der Waals surface area (Å²) in [6.07, 6.45) is 0. The van der Waals surface area contributed by atoms with Crippen LogP contribution in [0.15, 0.2) is 60.7 Å². The first-order valence-electron chi connectivity index (χ1n) is 6.59. The molecule has 0 unspecified atom stereocenters. The van der Waals surface area contributed by atoms with Crippen LogP contribution >= 0.6 is 0 Å². The van der Waals surface area contributed by atoms with Crippen molar-refractivity contribution in [3.05, 3.63) is 77.6 Å². The zero-order chi connectivity index (χ0) is 13.9. The monoisotopic (exact) mass is 266 g/mol. The number of fused-ring (bicyclic) bond motifs is 1. The molecular weight excluding hydrogens is 251 g/mol. The largest absolute Gasteiger partial charge is 0.489 e. The molecule has 0 aliphatic heterocycles. The van der Waals surface area contributed by atoms with E-state index in [-0.39, 0.29) is 5.82 Å². The third-order valence-corrected chi connectivity index (χ3v) is 3.41. The van der Waals surface area contributed by atoms with Crippen molar-refractivity contribution in [3.8, 4) is 5.75 Å². The van der Waals surface area contributed by atoms with Gasteiger partial charge in [0.2, 0.25) is 0 Å². The van der Waals surface area contributed by atoms with Crippen molar-refractivity contribution in [2.45, 2.75) is 13.5 Å². The van der Waals surface area contributed by atoms with Crippen LogP contribution in [0.25, 0.3) is 10.8 Å². The highest BCUT2D eigenvalue weighted by Gasteiger charge is 2.04. The van der Waals surface area contributed by atoms with Crippen molar-refractivity contribution < 1.29 is 9.13 Å². The molecule has 100 valence electrons. The summed E-state index contributed by atoms with van der Waals surface area (Å²) in [6.45, 7) is 2.35. The number of benzene rings is 3. The van der Waals surface area contributed by atoms with Gasteiger partial charge in [0, 0.05) is 6.07 Å². The Bertz CT molecular complexity index is 744. The molecule has 0 heterocycles. The summed E-state index contributed by atoms with van der Waals surface area (Å²) in [7, 11) is 0. The fourth-order valence-corrected chi connectivity index (χ4v) is 2.30. The van der Waals surface area contributed by atoms with E-state index in [2.05, 4.69) is 18.2 Å². The standard InChI is InChI=1S/C18H15FO/c1-13-9-10-16(19)11-18(13)20-12-15-7-4-6-14-5-2-3-8-17(14)15/h2-11H,12H2,1H3. The number of ether oxygens (including phenoxy) is 1. The summed E-state index contributed by atoms with van der Waals surface area (Å²) in [5.41, 5.74) is 2.04. The fraction of sp³-hybridized carbons (Fsp3) is 0.111. The Kier molecular flexibility index (Phi) is 3.38. The van der Waals surface area contributed by atoms with Crippen molar-refractivity contribution >= 4 is 10.8 Å². The number of rotatable bonds is 3. The van der Waals surface area contributed by atoms with E-state index in [0.29, 0.717) is 12.4 Å². The van der Waals surface area contributed by atoms with E-state index in [4.69, 9.17) is 4.74 Å². The Morgan fingerprint density at radius 1 is 0.950 bits per heavy atom. The SMILES string of the molecule is Cc1ccc(F)cc1OCc1cccc2ccccc12. The quantitative estimate of drug-likeness (QED) is 0.657. The zero-order valence-electron chi connectivity index (χ0n) is 11.3. The van der Waals surface area contributed by atoms with Crippen molar-refractivity contribution in [1.82, 2.24) is 0 Å². The van der Waals surface area contributed by atoms with Crippen LogP contribution < -0.4 is 4.74 Å². The second kappa shape index (κ2) is 5.33. The van der Waals surface area contributed by atoms with Crippen LogP contribution in [0.4, 0.5) is 4.39 Å². The smallest absolute Gasteiger partial charge is 0.126 e. The van der Waals surface area contributed by atoms with Gasteiger partial charge in [-0.1, -0.05) is 48.5 Å². The van der Waals surface area contributed by atoms with E-state index in [0.717, 1.165) is 11.1 Å². The lowest BCUT2D eigenvalue weighted by molar-refractivity contribution is 0.304. The summed E-state index contributed by atoms with van der Waals surface area (Å²) in [5.74, 6) is 0.321. The second-order valence-corrected chi connectivity index (χ2v) is 4.84. The van der Waals surface area contributed by atoms with E-state index in [9.17, 15) is 4.39 Å². The number of hydrogen-bond acceptors (Lipinski definition) is 1. The number of aryl methyl sites for hydroxylation is 1.